The second-order valence-corrected chi connectivity index (χ2v) is 4.78. The second kappa shape index (κ2) is 6.49. The molecule has 1 rings (SSSR count). The average Bonchev–Trinajstić information content (AvgIpc) is 2.34. The topological polar surface area (TPSA) is 61.8 Å². The standard InChI is InChI=1S/C12H18BrN3O/c1-3-4-7-16(2)11-6-5-9(8-10(11)13)12(14)15-17/h5-6,8,17H,3-4,7H2,1-2H3,(H2,14,15). The van der Waals surface area contributed by atoms with Gasteiger partial charge in [-0.2, -0.15) is 0 Å². The van der Waals surface area contributed by atoms with Gasteiger partial charge in [0.25, 0.3) is 0 Å². The van der Waals surface area contributed by atoms with Crippen LogP contribution in [0.15, 0.2) is 27.8 Å². The molecule has 3 N–H and O–H groups in total. The number of nitrogens with two attached hydrogens (primary N) is 1. The van der Waals surface area contributed by atoms with E-state index in [1.807, 2.05) is 18.2 Å². The maximum Gasteiger partial charge on any atom is 0.170 e. The van der Waals surface area contributed by atoms with E-state index in [0.717, 1.165) is 23.1 Å². The highest BCUT2D eigenvalue weighted by molar-refractivity contribution is 9.10. The molecule has 0 unspecified atom stereocenters. The minimum absolute atomic E-state index is 0.119. The SMILES string of the molecule is CCCCN(C)c1ccc(/C(N)=N/O)cc1Br. The molecule has 0 fully saturated rings. The van der Waals surface area contributed by atoms with Gasteiger partial charge in [-0.3, -0.25) is 0 Å². The second-order valence-electron chi connectivity index (χ2n) is 3.93. The van der Waals surface area contributed by atoms with Crippen molar-refractivity contribution >= 4 is 27.5 Å². The maximum absolute atomic E-state index is 8.61. The lowest BCUT2D eigenvalue weighted by Gasteiger charge is -2.20. The van der Waals surface area contributed by atoms with Crippen molar-refractivity contribution < 1.29 is 5.21 Å². The van der Waals surface area contributed by atoms with Gasteiger partial charge in [-0.1, -0.05) is 18.5 Å². The minimum Gasteiger partial charge on any atom is -0.409 e. The summed E-state index contributed by atoms with van der Waals surface area (Å²) in [4.78, 5) is 2.18. The van der Waals surface area contributed by atoms with Crippen LogP contribution >= 0.6 is 15.9 Å². The number of anilines is 1. The van der Waals surface area contributed by atoms with E-state index in [-0.39, 0.29) is 5.84 Å². The molecule has 1 aromatic rings. The van der Waals surface area contributed by atoms with E-state index >= 15 is 0 Å². The van der Waals surface area contributed by atoms with Crippen molar-refractivity contribution in [2.45, 2.75) is 19.8 Å². The zero-order valence-corrected chi connectivity index (χ0v) is 11.7. The quantitative estimate of drug-likeness (QED) is 0.380. The highest BCUT2D eigenvalue weighted by Crippen LogP contribution is 2.26. The van der Waals surface area contributed by atoms with Gasteiger partial charge in [-0.25, -0.2) is 0 Å². The molecule has 17 heavy (non-hydrogen) atoms. The summed E-state index contributed by atoms with van der Waals surface area (Å²) in [6, 6.07) is 5.66. The fourth-order valence-corrected chi connectivity index (χ4v) is 2.23. The fourth-order valence-electron chi connectivity index (χ4n) is 1.55. The molecular formula is C12H18BrN3O. The lowest BCUT2D eigenvalue weighted by Crippen LogP contribution is -2.19. The van der Waals surface area contributed by atoms with Crippen LogP contribution in [0, 0.1) is 0 Å². The summed E-state index contributed by atoms with van der Waals surface area (Å²) < 4.78 is 0.945. The van der Waals surface area contributed by atoms with Gasteiger partial charge in [0.2, 0.25) is 0 Å². The van der Waals surface area contributed by atoms with Gasteiger partial charge < -0.3 is 15.8 Å². The normalized spacial score (nSPS) is 11.6. The molecule has 0 spiro atoms. The van der Waals surface area contributed by atoms with E-state index in [4.69, 9.17) is 10.9 Å². The van der Waals surface area contributed by atoms with Crippen molar-refractivity contribution in [3.8, 4) is 0 Å². The zero-order valence-electron chi connectivity index (χ0n) is 10.2. The molecule has 0 atom stereocenters. The van der Waals surface area contributed by atoms with Crippen molar-refractivity contribution in [2.24, 2.45) is 10.9 Å². The lowest BCUT2D eigenvalue weighted by molar-refractivity contribution is 0.318. The summed E-state index contributed by atoms with van der Waals surface area (Å²) in [6.07, 6.45) is 2.33. The summed E-state index contributed by atoms with van der Waals surface area (Å²) in [6.45, 7) is 3.18. The smallest absolute Gasteiger partial charge is 0.170 e. The van der Waals surface area contributed by atoms with Gasteiger partial charge in [0, 0.05) is 23.6 Å². The summed E-state index contributed by atoms with van der Waals surface area (Å²) >= 11 is 3.50. The van der Waals surface area contributed by atoms with Crippen molar-refractivity contribution in [3.63, 3.8) is 0 Å². The Bertz CT molecular complexity index is 407. The fraction of sp³-hybridized carbons (Fsp3) is 0.417. The predicted molar refractivity (Wildman–Crippen MR) is 74.8 cm³/mol. The highest BCUT2D eigenvalue weighted by atomic mass is 79.9. The molecule has 0 radical (unpaired) electrons. The Hall–Kier alpha value is -1.23. The molecule has 0 heterocycles. The number of hydrogen-bond acceptors (Lipinski definition) is 3. The Morgan fingerprint density at radius 2 is 2.24 bits per heavy atom. The molecule has 0 aromatic heterocycles. The first-order valence-corrected chi connectivity index (χ1v) is 6.38. The van der Waals surface area contributed by atoms with Gasteiger partial charge in [0.05, 0.1) is 5.69 Å². The first-order valence-electron chi connectivity index (χ1n) is 5.58. The van der Waals surface area contributed by atoms with E-state index in [1.54, 1.807) is 0 Å². The number of halogens is 1. The van der Waals surface area contributed by atoms with Gasteiger partial charge in [0.1, 0.15) is 0 Å². The Morgan fingerprint density at radius 3 is 2.76 bits per heavy atom. The van der Waals surface area contributed by atoms with Crippen LogP contribution in [0.4, 0.5) is 5.69 Å². The largest absolute Gasteiger partial charge is 0.409 e. The summed E-state index contributed by atoms with van der Waals surface area (Å²) in [5.41, 5.74) is 7.34. The van der Waals surface area contributed by atoms with Gasteiger partial charge >= 0.3 is 0 Å². The van der Waals surface area contributed by atoms with Crippen LogP contribution in [0.3, 0.4) is 0 Å². The monoisotopic (exact) mass is 299 g/mol. The molecule has 0 aliphatic carbocycles. The van der Waals surface area contributed by atoms with Crippen molar-refractivity contribution in [1.29, 1.82) is 0 Å². The van der Waals surface area contributed by atoms with E-state index in [9.17, 15) is 0 Å². The van der Waals surface area contributed by atoms with E-state index in [1.165, 1.54) is 6.42 Å². The van der Waals surface area contributed by atoms with Gasteiger partial charge in [-0.05, 0) is 40.5 Å². The third kappa shape index (κ3) is 3.63. The number of amidine groups is 1. The van der Waals surface area contributed by atoms with Crippen LogP contribution in [0.5, 0.6) is 0 Å². The Kier molecular flexibility index (Phi) is 5.28. The number of benzene rings is 1. The molecule has 0 saturated carbocycles. The zero-order chi connectivity index (χ0) is 12.8. The molecule has 0 aliphatic rings. The average molecular weight is 300 g/mol. The van der Waals surface area contributed by atoms with Crippen LogP contribution in [0.2, 0.25) is 0 Å². The van der Waals surface area contributed by atoms with Crippen LogP contribution in [0.25, 0.3) is 0 Å². The third-order valence-electron chi connectivity index (χ3n) is 2.61. The minimum atomic E-state index is 0.119. The first kappa shape index (κ1) is 13.8. The van der Waals surface area contributed by atoms with Crippen molar-refractivity contribution in [2.75, 3.05) is 18.5 Å². The Morgan fingerprint density at radius 1 is 1.53 bits per heavy atom. The molecule has 0 saturated heterocycles. The highest BCUT2D eigenvalue weighted by Gasteiger charge is 2.08. The molecule has 0 bridgehead atoms. The first-order chi connectivity index (χ1) is 8.10. The maximum atomic E-state index is 8.61. The van der Waals surface area contributed by atoms with Crippen LogP contribution < -0.4 is 10.6 Å². The molecule has 4 nitrogen and oxygen atoms in total. The van der Waals surface area contributed by atoms with Crippen molar-refractivity contribution in [1.82, 2.24) is 0 Å². The number of hydrogen-bond donors (Lipinski definition) is 2. The van der Waals surface area contributed by atoms with Gasteiger partial charge in [-0.15, -0.1) is 0 Å². The molecule has 5 heteroatoms. The molecular weight excluding hydrogens is 282 g/mol. The molecule has 94 valence electrons. The summed E-state index contributed by atoms with van der Waals surface area (Å²) in [5, 5.41) is 11.6. The predicted octanol–water partition coefficient (Wildman–Crippen LogP) is 2.78. The van der Waals surface area contributed by atoms with Crippen molar-refractivity contribution in [3.05, 3.63) is 28.2 Å². The number of nitrogens with zero attached hydrogens (tertiary/aromatic N) is 2. The molecule has 1 aromatic carbocycles. The van der Waals surface area contributed by atoms with Gasteiger partial charge in [0.15, 0.2) is 5.84 Å². The number of rotatable bonds is 5. The van der Waals surface area contributed by atoms with Crippen LogP contribution in [-0.2, 0) is 0 Å². The molecule has 0 amide bonds. The Labute approximate surface area is 110 Å². The van der Waals surface area contributed by atoms with E-state index in [2.05, 4.69) is 40.0 Å². The van der Waals surface area contributed by atoms with E-state index < -0.39 is 0 Å². The molecule has 0 aliphatic heterocycles. The summed E-state index contributed by atoms with van der Waals surface area (Å²) in [5.74, 6) is 0.119. The third-order valence-corrected chi connectivity index (χ3v) is 3.24. The van der Waals surface area contributed by atoms with E-state index in [0.29, 0.717) is 5.56 Å². The van der Waals surface area contributed by atoms with Crippen LogP contribution in [0.1, 0.15) is 25.3 Å². The van der Waals surface area contributed by atoms with Crippen LogP contribution in [-0.4, -0.2) is 24.6 Å². The number of oxime groups is 1. The Balaban J connectivity index is 2.89. The summed E-state index contributed by atoms with van der Waals surface area (Å²) in [7, 11) is 2.05. The number of unbranched alkanes of at least 4 members (excludes halogenated alkanes) is 1. The lowest BCUT2D eigenvalue weighted by atomic mass is 10.2.